The number of hydrogen-bond donors (Lipinski definition) is 0. The van der Waals surface area contributed by atoms with E-state index in [1.54, 1.807) is 23.6 Å². The summed E-state index contributed by atoms with van der Waals surface area (Å²) in [6.45, 7) is 0. The predicted octanol–water partition coefficient (Wildman–Crippen LogP) is 4.56. The fourth-order valence-corrected chi connectivity index (χ4v) is 2.34. The van der Waals surface area contributed by atoms with Crippen LogP contribution < -0.4 is 0 Å². The summed E-state index contributed by atoms with van der Waals surface area (Å²) in [4.78, 5) is 12.4. The van der Waals surface area contributed by atoms with Crippen LogP contribution in [0.15, 0.2) is 47.4 Å². The van der Waals surface area contributed by atoms with Gasteiger partial charge >= 0.3 is 6.18 Å². The number of carbonyl (C=O) groups is 1. The van der Waals surface area contributed by atoms with E-state index >= 15 is 0 Å². The molecule has 2 rings (SSSR count). The van der Waals surface area contributed by atoms with Gasteiger partial charge in [-0.25, -0.2) is 0 Å². The average Bonchev–Trinajstić information content (AvgIpc) is 2.97. The molecule has 2 nitrogen and oxygen atoms in total. The van der Waals surface area contributed by atoms with Crippen LogP contribution >= 0.6 is 11.3 Å². The lowest BCUT2D eigenvalue weighted by Crippen LogP contribution is -2.05. The minimum atomic E-state index is -4.46. The fourth-order valence-electron chi connectivity index (χ4n) is 1.66. The zero-order chi connectivity index (χ0) is 15.5. The van der Waals surface area contributed by atoms with E-state index in [9.17, 15) is 18.0 Å². The highest BCUT2D eigenvalue weighted by Crippen LogP contribution is 2.30. The molecule has 21 heavy (non-hydrogen) atoms. The monoisotopic (exact) mass is 307 g/mol. The summed E-state index contributed by atoms with van der Waals surface area (Å²) in [6, 6.07) is 9.44. The Bertz CT molecular complexity index is 724. The van der Waals surface area contributed by atoms with E-state index in [0.717, 1.165) is 18.2 Å². The van der Waals surface area contributed by atoms with Gasteiger partial charge in [-0.1, -0.05) is 18.2 Å². The summed E-state index contributed by atoms with van der Waals surface area (Å²) in [7, 11) is 0. The van der Waals surface area contributed by atoms with Gasteiger partial charge in [0.1, 0.15) is 11.6 Å². The molecule has 2 aromatic rings. The molecular weight excluding hydrogens is 299 g/mol. The van der Waals surface area contributed by atoms with Gasteiger partial charge in [0, 0.05) is 0 Å². The van der Waals surface area contributed by atoms with Crippen molar-refractivity contribution in [1.82, 2.24) is 0 Å². The lowest BCUT2D eigenvalue weighted by atomic mass is 10.0. The summed E-state index contributed by atoms with van der Waals surface area (Å²) in [5, 5.41) is 10.7. The van der Waals surface area contributed by atoms with Crippen LogP contribution in [0, 0.1) is 11.3 Å². The highest BCUT2D eigenvalue weighted by molar-refractivity contribution is 7.12. The SMILES string of the molecule is N#C/C(=C\c1cccc(C(F)(F)F)c1)C(=O)c1cccs1. The second-order valence-electron chi connectivity index (χ2n) is 4.10. The summed E-state index contributed by atoms with van der Waals surface area (Å²) >= 11 is 1.17. The Balaban J connectivity index is 2.38. The molecule has 0 N–H and O–H groups in total. The molecule has 0 bridgehead atoms. The number of nitrogens with zero attached hydrogens (tertiary/aromatic N) is 1. The topological polar surface area (TPSA) is 40.9 Å². The van der Waals surface area contributed by atoms with Gasteiger partial charge in [-0.3, -0.25) is 4.79 Å². The zero-order valence-corrected chi connectivity index (χ0v) is 11.3. The lowest BCUT2D eigenvalue weighted by Gasteiger charge is -2.06. The van der Waals surface area contributed by atoms with Crippen LogP contribution in [0.4, 0.5) is 13.2 Å². The summed E-state index contributed by atoms with van der Waals surface area (Å²) in [5.41, 5.74) is -0.861. The van der Waals surface area contributed by atoms with Gasteiger partial charge < -0.3 is 0 Å². The molecule has 0 atom stereocenters. The largest absolute Gasteiger partial charge is 0.416 e. The van der Waals surface area contributed by atoms with Gasteiger partial charge in [0.25, 0.3) is 0 Å². The van der Waals surface area contributed by atoms with Crippen molar-refractivity contribution in [2.75, 3.05) is 0 Å². The molecule has 1 heterocycles. The van der Waals surface area contributed by atoms with Crippen molar-refractivity contribution in [2.24, 2.45) is 0 Å². The van der Waals surface area contributed by atoms with Crippen molar-refractivity contribution in [3.63, 3.8) is 0 Å². The minimum Gasteiger partial charge on any atom is -0.287 e. The summed E-state index contributed by atoms with van der Waals surface area (Å²) in [5.74, 6) is -0.495. The molecule has 1 aromatic heterocycles. The van der Waals surface area contributed by atoms with E-state index in [4.69, 9.17) is 5.26 Å². The Hall–Kier alpha value is -2.39. The Morgan fingerprint density at radius 2 is 2.00 bits per heavy atom. The highest BCUT2D eigenvalue weighted by atomic mass is 32.1. The van der Waals surface area contributed by atoms with Gasteiger partial charge in [-0.05, 0) is 35.2 Å². The van der Waals surface area contributed by atoms with Crippen LogP contribution in [-0.2, 0) is 6.18 Å². The quantitative estimate of drug-likeness (QED) is 0.474. The van der Waals surface area contributed by atoms with Gasteiger partial charge in [0.15, 0.2) is 0 Å². The van der Waals surface area contributed by atoms with Crippen molar-refractivity contribution in [3.05, 3.63) is 63.4 Å². The van der Waals surface area contributed by atoms with E-state index in [0.29, 0.717) is 4.88 Å². The molecule has 0 fully saturated rings. The molecule has 0 aliphatic carbocycles. The first-order valence-electron chi connectivity index (χ1n) is 5.79. The molecule has 0 saturated heterocycles. The molecule has 106 valence electrons. The first-order valence-corrected chi connectivity index (χ1v) is 6.67. The number of nitriles is 1. The van der Waals surface area contributed by atoms with E-state index < -0.39 is 17.5 Å². The maximum Gasteiger partial charge on any atom is 0.416 e. The van der Waals surface area contributed by atoms with Crippen LogP contribution in [0.5, 0.6) is 0 Å². The number of thiophene rings is 1. The van der Waals surface area contributed by atoms with Gasteiger partial charge in [-0.15, -0.1) is 11.3 Å². The van der Waals surface area contributed by atoms with E-state index in [-0.39, 0.29) is 11.1 Å². The van der Waals surface area contributed by atoms with Gasteiger partial charge in [0.2, 0.25) is 5.78 Å². The molecule has 0 spiro atoms. The smallest absolute Gasteiger partial charge is 0.287 e. The Labute approximate surface area is 122 Å². The highest BCUT2D eigenvalue weighted by Gasteiger charge is 2.30. The molecule has 0 radical (unpaired) electrons. The van der Waals surface area contributed by atoms with E-state index in [1.807, 2.05) is 0 Å². The van der Waals surface area contributed by atoms with Crippen LogP contribution in [-0.4, -0.2) is 5.78 Å². The predicted molar refractivity (Wildman–Crippen MR) is 73.7 cm³/mol. The average molecular weight is 307 g/mol. The third-order valence-electron chi connectivity index (χ3n) is 2.64. The molecule has 0 amide bonds. The normalized spacial score (nSPS) is 12.0. The number of alkyl halides is 3. The Kier molecular flexibility index (Phi) is 4.24. The second kappa shape index (κ2) is 5.94. The van der Waals surface area contributed by atoms with E-state index in [2.05, 4.69) is 0 Å². The zero-order valence-electron chi connectivity index (χ0n) is 10.5. The summed E-state index contributed by atoms with van der Waals surface area (Å²) < 4.78 is 37.9. The molecule has 0 unspecified atom stereocenters. The van der Waals surface area contributed by atoms with Gasteiger partial charge in [0.05, 0.1) is 10.4 Å². The molecular formula is C15H8F3NOS. The van der Waals surface area contributed by atoms with Crippen molar-refractivity contribution in [1.29, 1.82) is 5.26 Å². The van der Waals surface area contributed by atoms with Crippen LogP contribution in [0.2, 0.25) is 0 Å². The fraction of sp³-hybridized carbons (Fsp3) is 0.0667. The summed E-state index contributed by atoms with van der Waals surface area (Å²) in [6.07, 6.45) is -3.30. The molecule has 1 aromatic carbocycles. The number of rotatable bonds is 3. The van der Waals surface area contributed by atoms with Crippen molar-refractivity contribution < 1.29 is 18.0 Å². The number of halogens is 3. The Morgan fingerprint density at radius 3 is 2.57 bits per heavy atom. The number of hydrogen-bond acceptors (Lipinski definition) is 3. The second-order valence-corrected chi connectivity index (χ2v) is 5.05. The third kappa shape index (κ3) is 3.58. The molecule has 0 aliphatic heterocycles. The third-order valence-corrected chi connectivity index (χ3v) is 3.50. The van der Waals surface area contributed by atoms with E-state index in [1.165, 1.54) is 23.5 Å². The molecule has 6 heteroatoms. The van der Waals surface area contributed by atoms with Gasteiger partial charge in [-0.2, -0.15) is 18.4 Å². The van der Waals surface area contributed by atoms with Crippen molar-refractivity contribution in [2.45, 2.75) is 6.18 Å². The first kappa shape index (κ1) is 15.0. The van der Waals surface area contributed by atoms with Crippen molar-refractivity contribution >= 4 is 23.2 Å². The maximum absolute atomic E-state index is 12.6. The molecule has 0 saturated carbocycles. The number of allylic oxidation sites excluding steroid dienone is 1. The number of benzene rings is 1. The maximum atomic E-state index is 12.6. The van der Waals surface area contributed by atoms with Crippen LogP contribution in [0.25, 0.3) is 6.08 Å². The van der Waals surface area contributed by atoms with Crippen LogP contribution in [0.1, 0.15) is 20.8 Å². The Morgan fingerprint density at radius 1 is 1.24 bits per heavy atom. The first-order chi connectivity index (χ1) is 9.91. The van der Waals surface area contributed by atoms with Crippen LogP contribution in [0.3, 0.4) is 0 Å². The van der Waals surface area contributed by atoms with Crippen molar-refractivity contribution in [3.8, 4) is 6.07 Å². The molecule has 0 aliphatic rings. The number of Topliss-reactive ketones (excluding diaryl/α,β-unsaturated/α-hetero) is 1. The standard InChI is InChI=1S/C15H8F3NOS/c16-15(17,18)12-4-1-3-10(8-12)7-11(9-19)14(20)13-5-2-6-21-13/h1-8H/b11-7+. The lowest BCUT2D eigenvalue weighted by molar-refractivity contribution is -0.137. The number of carbonyl (C=O) groups excluding carboxylic acids is 1. The number of ketones is 1. The minimum absolute atomic E-state index is 0.159.